The molecule has 21 heavy (non-hydrogen) atoms. The third-order valence-electron chi connectivity index (χ3n) is 2.86. The number of aliphatic imine (C=N–C) groups is 1. The van der Waals surface area contributed by atoms with Gasteiger partial charge in [-0.05, 0) is 25.3 Å². The van der Waals surface area contributed by atoms with Crippen LogP contribution < -0.4 is 10.6 Å². The molecule has 6 nitrogen and oxygen atoms in total. The van der Waals surface area contributed by atoms with E-state index in [1.807, 2.05) is 23.9 Å². The molecule has 1 rings (SSSR count). The summed E-state index contributed by atoms with van der Waals surface area (Å²) in [5.74, 6) is 1.32. The van der Waals surface area contributed by atoms with Crippen LogP contribution in [0.3, 0.4) is 0 Å². The fraction of sp³-hybridized carbons (Fsp3) is 0.714. The first kappa shape index (κ1) is 20.2. The number of nitrogens with zero attached hydrogens (tertiary/aromatic N) is 3. The molecule has 0 aliphatic rings. The van der Waals surface area contributed by atoms with E-state index in [0.29, 0.717) is 5.92 Å². The van der Waals surface area contributed by atoms with Gasteiger partial charge in [-0.25, -0.2) is 0 Å². The van der Waals surface area contributed by atoms with Crippen LogP contribution in [0.5, 0.6) is 0 Å². The highest BCUT2D eigenvalue weighted by atomic mass is 127. The van der Waals surface area contributed by atoms with Crippen molar-refractivity contribution >= 4 is 29.9 Å². The largest absolute Gasteiger partial charge is 0.382 e. The Bertz CT molecular complexity index is 369. The van der Waals surface area contributed by atoms with Crippen molar-refractivity contribution in [2.45, 2.75) is 26.8 Å². The van der Waals surface area contributed by atoms with Crippen molar-refractivity contribution in [1.82, 2.24) is 20.4 Å². The van der Waals surface area contributed by atoms with Gasteiger partial charge in [0.1, 0.15) is 0 Å². The predicted octanol–water partition coefficient (Wildman–Crippen LogP) is 1.73. The van der Waals surface area contributed by atoms with Crippen molar-refractivity contribution in [2.24, 2.45) is 10.9 Å². The maximum absolute atomic E-state index is 5.30. The van der Waals surface area contributed by atoms with E-state index < -0.39 is 0 Å². The standard InChI is InChI=1S/C14H27N5O.HI/c1-4-20-10-6-7-16-14(15-3)17-11-13(2)12-19-9-5-8-18-19;/h5,8-9,13H,4,6-7,10-12H2,1-3H3,(H2,15,16,17);1H. The number of guanidine groups is 1. The van der Waals surface area contributed by atoms with Crippen LogP contribution in [0, 0.1) is 5.92 Å². The molecule has 0 aromatic carbocycles. The first-order valence-corrected chi connectivity index (χ1v) is 7.26. The van der Waals surface area contributed by atoms with Crippen LogP contribution >= 0.6 is 24.0 Å². The molecular weight excluding hydrogens is 381 g/mol. The van der Waals surface area contributed by atoms with Crippen molar-refractivity contribution in [3.63, 3.8) is 0 Å². The summed E-state index contributed by atoms with van der Waals surface area (Å²) in [6.45, 7) is 8.40. The van der Waals surface area contributed by atoms with Crippen LogP contribution in [0.4, 0.5) is 0 Å². The number of rotatable bonds is 9. The average molecular weight is 409 g/mol. The molecule has 7 heteroatoms. The Kier molecular flexibility index (Phi) is 12.4. The van der Waals surface area contributed by atoms with Crippen LogP contribution in [0.25, 0.3) is 0 Å². The maximum atomic E-state index is 5.30. The number of ether oxygens (including phenoxy) is 1. The molecule has 0 bridgehead atoms. The van der Waals surface area contributed by atoms with Crippen molar-refractivity contribution in [2.75, 3.05) is 33.4 Å². The lowest BCUT2D eigenvalue weighted by molar-refractivity contribution is 0.145. The summed E-state index contributed by atoms with van der Waals surface area (Å²) in [5.41, 5.74) is 0. The zero-order chi connectivity index (χ0) is 14.6. The SMILES string of the molecule is CCOCCCNC(=NC)NCC(C)Cn1cccn1.I. The van der Waals surface area contributed by atoms with E-state index in [4.69, 9.17) is 4.74 Å². The summed E-state index contributed by atoms with van der Waals surface area (Å²) in [4.78, 5) is 4.21. The second-order valence-electron chi connectivity index (χ2n) is 4.76. The minimum Gasteiger partial charge on any atom is -0.382 e. The number of aromatic nitrogens is 2. The fourth-order valence-corrected chi connectivity index (χ4v) is 1.81. The second kappa shape index (κ2) is 12.9. The van der Waals surface area contributed by atoms with Gasteiger partial charge in [0.15, 0.2) is 5.96 Å². The summed E-state index contributed by atoms with van der Waals surface area (Å²) in [7, 11) is 1.79. The summed E-state index contributed by atoms with van der Waals surface area (Å²) >= 11 is 0. The van der Waals surface area contributed by atoms with E-state index in [9.17, 15) is 0 Å². The highest BCUT2D eigenvalue weighted by molar-refractivity contribution is 14.0. The molecule has 1 unspecified atom stereocenters. The van der Waals surface area contributed by atoms with E-state index in [1.165, 1.54) is 0 Å². The highest BCUT2D eigenvalue weighted by Crippen LogP contribution is 1.97. The van der Waals surface area contributed by atoms with Crippen molar-refractivity contribution < 1.29 is 4.74 Å². The first-order valence-electron chi connectivity index (χ1n) is 7.26. The van der Waals surface area contributed by atoms with Crippen LogP contribution in [0.1, 0.15) is 20.3 Å². The molecule has 0 saturated carbocycles. The van der Waals surface area contributed by atoms with Gasteiger partial charge in [-0.15, -0.1) is 24.0 Å². The molecule has 0 saturated heterocycles. The van der Waals surface area contributed by atoms with Crippen LogP contribution in [0.2, 0.25) is 0 Å². The zero-order valence-corrected chi connectivity index (χ0v) is 15.5. The van der Waals surface area contributed by atoms with Crippen molar-refractivity contribution in [3.8, 4) is 0 Å². The smallest absolute Gasteiger partial charge is 0.190 e. The van der Waals surface area contributed by atoms with E-state index in [1.54, 1.807) is 13.2 Å². The number of halogens is 1. The molecule has 1 aromatic heterocycles. The number of hydrogen-bond acceptors (Lipinski definition) is 3. The minimum atomic E-state index is 0. The predicted molar refractivity (Wildman–Crippen MR) is 97.3 cm³/mol. The van der Waals surface area contributed by atoms with E-state index in [-0.39, 0.29) is 24.0 Å². The molecule has 0 fully saturated rings. The molecule has 0 aliphatic heterocycles. The van der Waals surface area contributed by atoms with Crippen LogP contribution in [-0.2, 0) is 11.3 Å². The molecular formula is C14H28IN5O. The van der Waals surface area contributed by atoms with Crippen LogP contribution in [-0.4, -0.2) is 49.1 Å². The molecule has 1 heterocycles. The minimum absolute atomic E-state index is 0. The Balaban J connectivity index is 0.00000400. The van der Waals surface area contributed by atoms with Crippen molar-refractivity contribution in [3.05, 3.63) is 18.5 Å². The topological polar surface area (TPSA) is 63.5 Å². The summed E-state index contributed by atoms with van der Waals surface area (Å²) in [6.07, 6.45) is 4.77. The van der Waals surface area contributed by atoms with Gasteiger partial charge in [0.25, 0.3) is 0 Å². The Morgan fingerprint density at radius 2 is 2.24 bits per heavy atom. The normalized spacial score (nSPS) is 12.6. The van der Waals surface area contributed by atoms with Gasteiger partial charge in [0.05, 0.1) is 0 Å². The molecule has 1 atom stereocenters. The quantitative estimate of drug-likeness (QED) is 0.282. The van der Waals surface area contributed by atoms with Gasteiger partial charge in [-0.3, -0.25) is 9.67 Å². The fourth-order valence-electron chi connectivity index (χ4n) is 1.81. The van der Waals surface area contributed by atoms with Crippen LogP contribution in [0.15, 0.2) is 23.5 Å². The summed E-state index contributed by atoms with van der Waals surface area (Å²) in [5, 5.41) is 10.8. The Morgan fingerprint density at radius 1 is 1.43 bits per heavy atom. The summed E-state index contributed by atoms with van der Waals surface area (Å²) < 4.78 is 7.24. The van der Waals surface area contributed by atoms with Gasteiger partial charge in [0, 0.05) is 52.3 Å². The Hall–Kier alpha value is -0.830. The third kappa shape index (κ3) is 9.67. The number of hydrogen-bond donors (Lipinski definition) is 2. The van der Waals surface area contributed by atoms with Crippen molar-refractivity contribution in [1.29, 1.82) is 0 Å². The second-order valence-corrected chi connectivity index (χ2v) is 4.76. The van der Waals surface area contributed by atoms with Gasteiger partial charge in [-0.2, -0.15) is 5.10 Å². The molecule has 0 amide bonds. The molecule has 0 spiro atoms. The molecule has 0 aliphatic carbocycles. The monoisotopic (exact) mass is 409 g/mol. The molecule has 2 N–H and O–H groups in total. The lowest BCUT2D eigenvalue weighted by atomic mass is 10.2. The maximum Gasteiger partial charge on any atom is 0.190 e. The highest BCUT2D eigenvalue weighted by Gasteiger charge is 2.04. The lowest BCUT2D eigenvalue weighted by Crippen LogP contribution is -2.40. The summed E-state index contributed by atoms with van der Waals surface area (Å²) in [6, 6.07) is 1.94. The first-order chi connectivity index (χ1) is 9.76. The molecule has 1 aromatic rings. The van der Waals surface area contributed by atoms with E-state index >= 15 is 0 Å². The van der Waals surface area contributed by atoms with Gasteiger partial charge >= 0.3 is 0 Å². The average Bonchev–Trinajstić information content (AvgIpc) is 2.94. The Morgan fingerprint density at radius 3 is 2.86 bits per heavy atom. The lowest BCUT2D eigenvalue weighted by Gasteiger charge is -2.16. The van der Waals surface area contributed by atoms with Gasteiger partial charge in [-0.1, -0.05) is 6.92 Å². The zero-order valence-electron chi connectivity index (χ0n) is 13.2. The molecule has 122 valence electrons. The third-order valence-corrected chi connectivity index (χ3v) is 2.86. The molecule has 0 radical (unpaired) electrons. The Labute approximate surface area is 144 Å². The van der Waals surface area contributed by atoms with E-state index in [0.717, 1.165) is 45.2 Å². The van der Waals surface area contributed by atoms with Gasteiger partial charge in [0.2, 0.25) is 0 Å². The van der Waals surface area contributed by atoms with Gasteiger partial charge < -0.3 is 15.4 Å². The number of nitrogens with one attached hydrogen (secondary N) is 2. The van der Waals surface area contributed by atoms with E-state index in [2.05, 4.69) is 27.6 Å².